The van der Waals surface area contributed by atoms with Crippen molar-refractivity contribution in [3.05, 3.63) is 51.3 Å². The lowest BCUT2D eigenvalue weighted by Gasteiger charge is -2.14. The molecule has 0 saturated carbocycles. The molecule has 0 amide bonds. The van der Waals surface area contributed by atoms with Gasteiger partial charge in [0.25, 0.3) is 5.56 Å². The van der Waals surface area contributed by atoms with E-state index < -0.39 is 5.56 Å². The highest BCUT2D eigenvalue weighted by atomic mass is 16.5. The van der Waals surface area contributed by atoms with Gasteiger partial charge < -0.3 is 9.84 Å². The first-order valence-corrected chi connectivity index (χ1v) is 9.66. The van der Waals surface area contributed by atoms with Gasteiger partial charge in [0.15, 0.2) is 0 Å². The van der Waals surface area contributed by atoms with Crippen LogP contribution in [-0.2, 0) is 6.54 Å². The van der Waals surface area contributed by atoms with Gasteiger partial charge in [-0.15, -0.1) is 0 Å². The first kappa shape index (κ1) is 21.2. The smallest absolute Gasteiger partial charge is 0.271 e. The Balaban J connectivity index is 2.36. The van der Waals surface area contributed by atoms with E-state index in [9.17, 15) is 15.2 Å². The SMILES string of the molecule is CCCCCCn1c(O)c(C=Nc2ccc(OCC)cc2)c(C)c(C#N)c1=O. The number of hydrogen-bond acceptors (Lipinski definition) is 5. The second-order valence-corrected chi connectivity index (χ2v) is 6.55. The molecule has 2 aromatic rings. The molecule has 0 bridgehead atoms. The molecule has 1 aromatic carbocycles. The second-order valence-electron chi connectivity index (χ2n) is 6.55. The Labute approximate surface area is 165 Å². The Bertz CT molecular complexity index is 922. The highest BCUT2D eigenvalue weighted by Gasteiger charge is 2.17. The zero-order valence-electron chi connectivity index (χ0n) is 16.7. The fraction of sp³-hybridized carbons (Fsp3) is 0.409. The third kappa shape index (κ3) is 5.01. The van der Waals surface area contributed by atoms with Crippen molar-refractivity contribution < 1.29 is 9.84 Å². The summed E-state index contributed by atoms with van der Waals surface area (Å²) in [6.45, 7) is 6.65. The topological polar surface area (TPSA) is 87.6 Å². The van der Waals surface area contributed by atoms with Crippen LogP contribution in [0.2, 0.25) is 0 Å². The van der Waals surface area contributed by atoms with Crippen LogP contribution in [0, 0.1) is 18.3 Å². The van der Waals surface area contributed by atoms with E-state index in [1.807, 2.05) is 25.1 Å². The van der Waals surface area contributed by atoms with Crippen LogP contribution in [0.25, 0.3) is 0 Å². The van der Waals surface area contributed by atoms with Crippen molar-refractivity contribution in [3.63, 3.8) is 0 Å². The number of pyridine rings is 1. The Kier molecular flexibility index (Phi) is 7.82. The van der Waals surface area contributed by atoms with E-state index >= 15 is 0 Å². The summed E-state index contributed by atoms with van der Waals surface area (Å²) in [6, 6.07) is 9.22. The average molecular weight is 381 g/mol. The standard InChI is InChI=1S/C22H27N3O3/c1-4-6-7-8-13-25-21(26)19(14-23)16(3)20(22(25)27)15-24-17-9-11-18(12-10-17)28-5-2/h9-12,15,27H,4-8,13H2,1-3H3. The zero-order valence-corrected chi connectivity index (χ0v) is 16.7. The maximum Gasteiger partial charge on any atom is 0.271 e. The van der Waals surface area contributed by atoms with Crippen LogP contribution >= 0.6 is 0 Å². The molecule has 0 aliphatic carbocycles. The number of nitriles is 1. The van der Waals surface area contributed by atoms with Gasteiger partial charge in [0.2, 0.25) is 5.88 Å². The Hall–Kier alpha value is -3.07. The molecular formula is C22H27N3O3. The van der Waals surface area contributed by atoms with Crippen molar-refractivity contribution in [2.75, 3.05) is 6.61 Å². The molecule has 0 unspecified atom stereocenters. The summed E-state index contributed by atoms with van der Waals surface area (Å²) < 4.78 is 6.69. The molecule has 6 nitrogen and oxygen atoms in total. The summed E-state index contributed by atoms with van der Waals surface area (Å²) >= 11 is 0. The van der Waals surface area contributed by atoms with Crippen LogP contribution < -0.4 is 10.3 Å². The van der Waals surface area contributed by atoms with Crippen LogP contribution in [0.5, 0.6) is 11.6 Å². The summed E-state index contributed by atoms with van der Waals surface area (Å²) in [6.07, 6.45) is 5.39. The number of nitrogens with zero attached hydrogens (tertiary/aromatic N) is 3. The molecule has 0 aliphatic rings. The van der Waals surface area contributed by atoms with Crippen molar-refractivity contribution in [3.8, 4) is 17.7 Å². The number of unbranched alkanes of at least 4 members (excludes halogenated alkanes) is 3. The number of hydrogen-bond donors (Lipinski definition) is 1. The molecule has 0 atom stereocenters. The first-order valence-electron chi connectivity index (χ1n) is 9.66. The van der Waals surface area contributed by atoms with Gasteiger partial charge in [-0.1, -0.05) is 26.2 Å². The molecule has 1 heterocycles. The summed E-state index contributed by atoms with van der Waals surface area (Å²) in [5.41, 5.74) is 1.10. The van der Waals surface area contributed by atoms with E-state index in [-0.39, 0.29) is 11.4 Å². The van der Waals surface area contributed by atoms with Gasteiger partial charge in [-0.25, -0.2) is 0 Å². The van der Waals surface area contributed by atoms with Gasteiger partial charge >= 0.3 is 0 Å². The van der Waals surface area contributed by atoms with Crippen molar-refractivity contribution in [2.24, 2.45) is 4.99 Å². The van der Waals surface area contributed by atoms with Gasteiger partial charge in [0.1, 0.15) is 17.4 Å². The Morgan fingerprint density at radius 1 is 1.21 bits per heavy atom. The molecule has 6 heteroatoms. The summed E-state index contributed by atoms with van der Waals surface area (Å²) in [5.74, 6) is 0.612. The number of benzene rings is 1. The minimum Gasteiger partial charge on any atom is -0.494 e. The molecular weight excluding hydrogens is 354 g/mol. The lowest BCUT2D eigenvalue weighted by Crippen LogP contribution is -2.25. The quantitative estimate of drug-likeness (QED) is 0.513. The minimum atomic E-state index is -0.452. The number of ether oxygens (including phenoxy) is 1. The van der Waals surface area contributed by atoms with Crippen LogP contribution in [0.4, 0.5) is 5.69 Å². The third-order valence-electron chi connectivity index (χ3n) is 4.57. The van der Waals surface area contributed by atoms with Gasteiger partial charge in [0.05, 0.1) is 17.9 Å². The van der Waals surface area contributed by atoms with Crippen molar-refractivity contribution in [1.82, 2.24) is 4.57 Å². The van der Waals surface area contributed by atoms with Crippen molar-refractivity contribution in [2.45, 2.75) is 53.0 Å². The largest absolute Gasteiger partial charge is 0.494 e. The molecule has 1 aromatic heterocycles. The van der Waals surface area contributed by atoms with E-state index in [1.165, 1.54) is 10.8 Å². The molecule has 0 aliphatic heterocycles. The molecule has 148 valence electrons. The van der Waals surface area contributed by atoms with Gasteiger partial charge in [0, 0.05) is 12.8 Å². The van der Waals surface area contributed by atoms with Crippen LogP contribution in [0.1, 0.15) is 56.2 Å². The molecule has 1 N–H and O–H groups in total. The maximum absolute atomic E-state index is 12.6. The second kappa shape index (κ2) is 10.3. The Morgan fingerprint density at radius 2 is 1.93 bits per heavy atom. The zero-order chi connectivity index (χ0) is 20.5. The number of aliphatic imine (C=N–C) groups is 1. The van der Waals surface area contributed by atoms with E-state index in [4.69, 9.17) is 4.74 Å². The summed E-state index contributed by atoms with van der Waals surface area (Å²) in [4.78, 5) is 16.9. The van der Waals surface area contributed by atoms with Crippen molar-refractivity contribution >= 4 is 11.9 Å². The lowest BCUT2D eigenvalue weighted by molar-refractivity contribution is 0.340. The van der Waals surface area contributed by atoms with E-state index in [2.05, 4.69) is 11.9 Å². The van der Waals surface area contributed by atoms with Gasteiger partial charge in [-0.05, 0) is 50.1 Å². The van der Waals surface area contributed by atoms with Gasteiger partial charge in [-0.3, -0.25) is 14.4 Å². The first-order chi connectivity index (χ1) is 13.5. The molecule has 0 spiro atoms. The lowest BCUT2D eigenvalue weighted by atomic mass is 10.1. The van der Waals surface area contributed by atoms with Crippen LogP contribution in [0.15, 0.2) is 34.1 Å². The number of aromatic hydroxyl groups is 1. The fourth-order valence-electron chi connectivity index (χ4n) is 2.96. The average Bonchev–Trinajstić information content (AvgIpc) is 2.69. The molecule has 0 fully saturated rings. The Morgan fingerprint density at radius 3 is 2.54 bits per heavy atom. The molecule has 28 heavy (non-hydrogen) atoms. The predicted octanol–water partition coefficient (Wildman–Crippen LogP) is 4.46. The number of aromatic nitrogens is 1. The van der Waals surface area contributed by atoms with E-state index in [1.54, 1.807) is 19.1 Å². The monoisotopic (exact) mass is 381 g/mol. The predicted molar refractivity (Wildman–Crippen MR) is 111 cm³/mol. The fourth-order valence-corrected chi connectivity index (χ4v) is 2.96. The maximum atomic E-state index is 12.6. The van der Waals surface area contributed by atoms with E-state index in [0.717, 1.165) is 31.4 Å². The van der Waals surface area contributed by atoms with Gasteiger partial charge in [-0.2, -0.15) is 5.26 Å². The van der Waals surface area contributed by atoms with Crippen LogP contribution in [0.3, 0.4) is 0 Å². The van der Waals surface area contributed by atoms with Crippen molar-refractivity contribution in [1.29, 1.82) is 5.26 Å². The highest BCUT2D eigenvalue weighted by molar-refractivity contribution is 5.87. The third-order valence-corrected chi connectivity index (χ3v) is 4.57. The normalized spacial score (nSPS) is 10.9. The number of rotatable bonds is 9. The minimum absolute atomic E-state index is 0.0430. The van der Waals surface area contributed by atoms with E-state index in [0.29, 0.717) is 30.0 Å². The molecule has 0 radical (unpaired) electrons. The summed E-state index contributed by atoms with van der Waals surface area (Å²) in [5, 5.41) is 20.1. The highest BCUT2D eigenvalue weighted by Crippen LogP contribution is 2.23. The van der Waals surface area contributed by atoms with Crippen LogP contribution in [-0.4, -0.2) is 22.5 Å². The summed E-state index contributed by atoms with van der Waals surface area (Å²) in [7, 11) is 0. The molecule has 0 saturated heterocycles. The molecule has 2 rings (SSSR count).